The van der Waals surface area contributed by atoms with Gasteiger partial charge in [0.1, 0.15) is 0 Å². The second kappa shape index (κ2) is 12.8. The van der Waals surface area contributed by atoms with E-state index in [-0.39, 0.29) is 12.0 Å². The number of aliphatic hydroxyl groups excluding tert-OH is 1. The SMILES string of the molecule is CCCC[C@](C)(O)C/C=C/[C@@H]1[C@H]2CC(CSCCCN(C(C)C)C(C)C)=C[C@H]2C[C@H]1O. The van der Waals surface area contributed by atoms with Crippen molar-refractivity contribution in [3.8, 4) is 0 Å². The Morgan fingerprint density at radius 2 is 1.94 bits per heavy atom. The summed E-state index contributed by atoms with van der Waals surface area (Å²) < 4.78 is 0. The predicted octanol–water partition coefficient (Wildman–Crippen LogP) is 6.06. The van der Waals surface area contributed by atoms with Gasteiger partial charge in [-0.2, -0.15) is 11.8 Å². The highest BCUT2D eigenvalue weighted by Gasteiger charge is 2.43. The zero-order valence-electron chi connectivity index (χ0n) is 21.0. The van der Waals surface area contributed by atoms with E-state index in [0.717, 1.165) is 37.9 Å². The van der Waals surface area contributed by atoms with Gasteiger partial charge in [0.15, 0.2) is 0 Å². The fraction of sp³-hybridized carbons (Fsp3) is 0.852. The fourth-order valence-corrected chi connectivity index (χ4v) is 6.47. The average Bonchev–Trinajstić information content (AvgIpc) is 3.19. The van der Waals surface area contributed by atoms with Gasteiger partial charge in [0.05, 0.1) is 11.7 Å². The third kappa shape index (κ3) is 8.53. The molecule has 31 heavy (non-hydrogen) atoms. The van der Waals surface area contributed by atoms with E-state index in [9.17, 15) is 10.2 Å². The molecule has 0 unspecified atom stereocenters. The lowest BCUT2D eigenvalue weighted by atomic mass is 9.88. The van der Waals surface area contributed by atoms with Crippen molar-refractivity contribution in [3.63, 3.8) is 0 Å². The molecule has 180 valence electrons. The number of unbranched alkanes of at least 4 members (excludes halogenated alkanes) is 1. The van der Waals surface area contributed by atoms with E-state index in [4.69, 9.17) is 0 Å². The molecule has 0 bridgehead atoms. The molecule has 2 N–H and O–H groups in total. The minimum absolute atomic E-state index is 0.227. The lowest BCUT2D eigenvalue weighted by molar-refractivity contribution is 0.0513. The summed E-state index contributed by atoms with van der Waals surface area (Å²) in [5.41, 5.74) is 0.969. The van der Waals surface area contributed by atoms with Gasteiger partial charge >= 0.3 is 0 Å². The highest BCUT2D eigenvalue weighted by molar-refractivity contribution is 7.99. The lowest BCUT2D eigenvalue weighted by Crippen LogP contribution is -2.37. The molecule has 0 aromatic carbocycles. The molecule has 2 aliphatic rings. The summed E-state index contributed by atoms with van der Waals surface area (Å²) >= 11 is 2.08. The van der Waals surface area contributed by atoms with Gasteiger partial charge in [-0.3, -0.25) is 4.90 Å². The summed E-state index contributed by atoms with van der Waals surface area (Å²) in [6, 6.07) is 1.24. The van der Waals surface area contributed by atoms with Gasteiger partial charge in [-0.25, -0.2) is 0 Å². The van der Waals surface area contributed by atoms with Crippen LogP contribution >= 0.6 is 11.8 Å². The molecule has 2 rings (SSSR count). The highest BCUT2D eigenvalue weighted by Crippen LogP contribution is 2.47. The maximum Gasteiger partial charge on any atom is 0.0654 e. The van der Waals surface area contributed by atoms with Gasteiger partial charge in [0, 0.05) is 23.8 Å². The van der Waals surface area contributed by atoms with Crippen molar-refractivity contribution in [2.45, 2.75) is 110 Å². The second-order valence-corrected chi connectivity index (χ2v) is 11.9. The average molecular weight is 452 g/mol. The van der Waals surface area contributed by atoms with Crippen molar-refractivity contribution in [2.24, 2.45) is 17.8 Å². The number of fused-ring (bicyclic) bond motifs is 1. The number of allylic oxidation sites excluding steroid dienone is 1. The standard InChI is InChI=1S/C27H49NO2S/c1-7-8-12-27(6,30)13-9-11-24-25-17-22(16-23(25)18-26(24)29)19-31-15-10-14-28(20(2)3)21(4)5/h9,11,16,20-21,23-26,29-30H,7-8,10,12-15,17-19H2,1-6H3/b11-9+/t23-,24+,25-,26+,27-/m0/s1. The molecule has 0 spiro atoms. The fourth-order valence-electron chi connectivity index (χ4n) is 5.52. The Hall–Kier alpha value is -0.290. The molecular formula is C27H49NO2S. The van der Waals surface area contributed by atoms with Crippen LogP contribution in [0.4, 0.5) is 0 Å². The van der Waals surface area contributed by atoms with Crippen LogP contribution in [0.15, 0.2) is 23.8 Å². The summed E-state index contributed by atoms with van der Waals surface area (Å²) in [6.45, 7) is 14.5. The van der Waals surface area contributed by atoms with Crippen LogP contribution in [0.5, 0.6) is 0 Å². The topological polar surface area (TPSA) is 43.7 Å². The molecule has 0 aliphatic heterocycles. The molecule has 0 radical (unpaired) electrons. The molecule has 4 heteroatoms. The van der Waals surface area contributed by atoms with E-state index >= 15 is 0 Å². The van der Waals surface area contributed by atoms with Gasteiger partial charge < -0.3 is 10.2 Å². The first-order valence-corrected chi connectivity index (χ1v) is 13.9. The molecule has 1 saturated carbocycles. The summed E-state index contributed by atoms with van der Waals surface area (Å²) in [5, 5.41) is 21.1. The van der Waals surface area contributed by atoms with E-state index in [0.29, 0.717) is 30.3 Å². The van der Waals surface area contributed by atoms with E-state index < -0.39 is 5.60 Å². The molecule has 0 amide bonds. The Kier molecular flexibility index (Phi) is 11.1. The van der Waals surface area contributed by atoms with E-state index in [1.54, 1.807) is 5.57 Å². The molecule has 0 aromatic heterocycles. The van der Waals surface area contributed by atoms with Crippen LogP contribution in [0, 0.1) is 17.8 Å². The summed E-state index contributed by atoms with van der Waals surface area (Å²) in [7, 11) is 0. The summed E-state index contributed by atoms with van der Waals surface area (Å²) in [5.74, 6) is 3.71. The zero-order valence-corrected chi connectivity index (χ0v) is 21.8. The number of rotatable bonds is 14. The van der Waals surface area contributed by atoms with Gasteiger partial charge in [-0.05, 0) is 90.9 Å². The van der Waals surface area contributed by atoms with Crippen LogP contribution < -0.4 is 0 Å². The predicted molar refractivity (Wildman–Crippen MR) is 137 cm³/mol. The normalized spacial score (nSPS) is 28.2. The molecule has 0 saturated heterocycles. The Morgan fingerprint density at radius 3 is 2.58 bits per heavy atom. The lowest BCUT2D eigenvalue weighted by Gasteiger charge is -2.30. The first kappa shape index (κ1) is 27.0. The Morgan fingerprint density at radius 1 is 1.23 bits per heavy atom. The first-order chi connectivity index (χ1) is 14.6. The second-order valence-electron chi connectivity index (χ2n) is 10.8. The molecule has 2 aliphatic carbocycles. The minimum Gasteiger partial charge on any atom is -0.392 e. The monoisotopic (exact) mass is 451 g/mol. The Balaban J connectivity index is 1.74. The largest absolute Gasteiger partial charge is 0.392 e. The molecule has 5 atom stereocenters. The maximum atomic E-state index is 10.6. The molecule has 0 heterocycles. The van der Waals surface area contributed by atoms with Crippen LogP contribution in [0.2, 0.25) is 0 Å². The molecular weight excluding hydrogens is 402 g/mol. The van der Waals surface area contributed by atoms with E-state index in [1.165, 1.54) is 18.7 Å². The van der Waals surface area contributed by atoms with Crippen molar-refractivity contribution >= 4 is 11.8 Å². The van der Waals surface area contributed by atoms with Crippen LogP contribution in [-0.2, 0) is 0 Å². The third-order valence-corrected chi connectivity index (χ3v) is 8.41. The van der Waals surface area contributed by atoms with Gasteiger partial charge in [0.2, 0.25) is 0 Å². The number of aliphatic hydroxyl groups is 2. The number of nitrogens with zero attached hydrogens (tertiary/aromatic N) is 1. The number of hydrogen-bond acceptors (Lipinski definition) is 4. The van der Waals surface area contributed by atoms with Gasteiger partial charge in [0.25, 0.3) is 0 Å². The quantitative estimate of drug-likeness (QED) is 0.249. The van der Waals surface area contributed by atoms with Crippen molar-refractivity contribution < 1.29 is 10.2 Å². The third-order valence-electron chi connectivity index (χ3n) is 7.25. The Bertz CT molecular complexity index is 576. The van der Waals surface area contributed by atoms with E-state index in [1.807, 2.05) is 6.92 Å². The van der Waals surface area contributed by atoms with Crippen molar-refractivity contribution in [3.05, 3.63) is 23.8 Å². The van der Waals surface area contributed by atoms with Crippen molar-refractivity contribution in [1.29, 1.82) is 0 Å². The summed E-state index contributed by atoms with van der Waals surface area (Å²) in [6.07, 6.45) is 13.6. The Labute approximate surface area is 196 Å². The zero-order chi connectivity index (χ0) is 23.0. The van der Waals surface area contributed by atoms with Crippen LogP contribution in [0.25, 0.3) is 0 Å². The van der Waals surface area contributed by atoms with Gasteiger partial charge in [-0.1, -0.05) is 43.6 Å². The maximum absolute atomic E-state index is 10.6. The van der Waals surface area contributed by atoms with E-state index in [2.05, 4.69) is 69.5 Å². The summed E-state index contributed by atoms with van der Waals surface area (Å²) in [4.78, 5) is 2.58. The van der Waals surface area contributed by atoms with Crippen LogP contribution in [0.1, 0.15) is 86.5 Å². The minimum atomic E-state index is -0.619. The first-order valence-electron chi connectivity index (χ1n) is 12.7. The number of hydrogen-bond donors (Lipinski definition) is 2. The van der Waals surface area contributed by atoms with Crippen LogP contribution in [-0.4, -0.2) is 57.0 Å². The highest BCUT2D eigenvalue weighted by atomic mass is 32.2. The van der Waals surface area contributed by atoms with Gasteiger partial charge in [-0.15, -0.1) is 0 Å². The number of thioether (sulfide) groups is 1. The molecule has 0 aromatic rings. The molecule has 3 nitrogen and oxygen atoms in total. The van der Waals surface area contributed by atoms with Crippen molar-refractivity contribution in [2.75, 3.05) is 18.1 Å². The van der Waals surface area contributed by atoms with Crippen molar-refractivity contribution in [1.82, 2.24) is 4.90 Å². The van der Waals surface area contributed by atoms with Crippen LogP contribution in [0.3, 0.4) is 0 Å². The smallest absolute Gasteiger partial charge is 0.0654 e. The molecule has 1 fully saturated rings.